The van der Waals surface area contributed by atoms with Gasteiger partial charge in [-0.1, -0.05) is 32.5 Å². The van der Waals surface area contributed by atoms with Crippen molar-refractivity contribution in [2.24, 2.45) is 0 Å². The summed E-state index contributed by atoms with van der Waals surface area (Å²) in [5, 5.41) is 22.0. The molecule has 1 heterocycles. The lowest BCUT2D eigenvalue weighted by Crippen LogP contribution is -2.08. The van der Waals surface area contributed by atoms with E-state index in [9.17, 15) is 15.0 Å². The van der Waals surface area contributed by atoms with Gasteiger partial charge in [-0.2, -0.15) is 0 Å². The van der Waals surface area contributed by atoms with Crippen molar-refractivity contribution in [1.29, 1.82) is 0 Å². The zero-order chi connectivity index (χ0) is 23.6. The van der Waals surface area contributed by atoms with Crippen molar-refractivity contribution in [3.8, 4) is 23.0 Å². The van der Waals surface area contributed by atoms with E-state index in [1.54, 1.807) is 6.07 Å². The van der Waals surface area contributed by atoms with Crippen LogP contribution in [0.4, 0.5) is 0 Å². The number of methoxy groups -OCH3 is 1. The Morgan fingerprint density at radius 3 is 2.16 bits per heavy atom. The number of rotatable bonds is 7. The van der Waals surface area contributed by atoms with Gasteiger partial charge in [-0.15, -0.1) is 0 Å². The van der Waals surface area contributed by atoms with E-state index in [1.807, 2.05) is 39.8 Å². The molecule has 7 heteroatoms. The summed E-state index contributed by atoms with van der Waals surface area (Å²) in [4.78, 5) is 13.7. The molecule has 32 heavy (non-hydrogen) atoms. The van der Waals surface area contributed by atoms with Crippen molar-refractivity contribution < 1.29 is 24.1 Å². The minimum absolute atomic E-state index is 0.0805. The van der Waals surface area contributed by atoms with Crippen molar-refractivity contribution in [3.63, 3.8) is 0 Å². The maximum atomic E-state index is 13.7. The van der Waals surface area contributed by atoms with E-state index in [2.05, 4.69) is 9.24 Å². The molecule has 2 aromatic carbocycles. The molecule has 1 unspecified atom stereocenters. The molecule has 1 atom stereocenters. The smallest absolute Gasteiger partial charge is 0.204 e. The highest BCUT2D eigenvalue weighted by atomic mass is 31.0. The Morgan fingerprint density at radius 1 is 1.00 bits per heavy atom. The van der Waals surface area contributed by atoms with Crippen LogP contribution >= 0.6 is 9.24 Å². The van der Waals surface area contributed by atoms with Gasteiger partial charge in [-0.05, 0) is 40.5 Å². The van der Waals surface area contributed by atoms with Crippen LogP contribution in [0.25, 0.3) is 21.9 Å². The number of hydrogen-bond acceptors (Lipinski definition) is 6. The maximum Gasteiger partial charge on any atom is 0.204 e. The van der Waals surface area contributed by atoms with E-state index in [0.717, 1.165) is 11.1 Å². The first kappa shape index (κ1) is 23.7. The molecule has 2 N–H and O–H groups in total. The second-order valence-electron chi connectivity index (χ2n) is 8.07. The first-order valence-electron chi connectivity index (χ1n) is 10.3. The molecule has 0 spiro atoms. The van der Waals surface area contributed by atoms with Crippen molar-refractivity contribution in [2.75, 3.05) is 13.5 Å². The summed E-state index contributed by atoms with van der Waals surface area (Å²) >= 11 is 0. The fourth-order valence-corrected chi connectivity index (χ4v) is 3.84. The van der Waals surface area contributed by atoms with Crippen LogP contribution in [0.5, 0.6) is 23.0 Å². The van der Waals surface area contributed by atoms with Crippen LogP contribution in [0.3, 0.4) is 0 Å². The molecular formula is C25H29O6P. The molecule has 170 valence electrons. The second kappa shape index (κ2) is 9.66. The van der Waals surface area contributed by atoms with Crippen LogP contribution in [-0.2, 0) is 12.8 Å². The van der Waals surface area contributed by atoms with Crippen LogP contribution in [0.15, 0.2) is 44.6 Å². The van der Waals surface area contributed by atoms with Gasteiger partial charge in [0.15, 0.2) is 11.5 Å². The molecule has 3 rings (SSSR count). The van der Waals surface area contributed by atoms with E-state index in [4.69, 9.17) is 13.9 Å². The Balaban J connectivity index is 2.46. The molecular weight excluding hydrogens is 427 g/mol. The summed E-state index contributed by atoms with van der Waals surface area (Å²) in [7, 11) is 3.91. The van der Waals surface area contributed by atoms with E-state index >= 15 is 0 Å². The minimum atomic E-state index is -0.384. The quantitative estimate of drug-likeness (QED) is 0.274. The van der Waals surface area contributed by atoms with Gasteiger partial charge >= 0.3 is 0 Å². The summed E-state index contributed by atoms with van der Waals surface area (Å²) in [5.41, 5.74) is 3.18. The number of fused-ring (bicyclic) bond motifs is 2. The molecule has 0 aliphatic rings. The van der Waals surface area contributed by atoms with Crippen LogP contribution < -0.4 is 14.9 Å². The lowest BCUT2D eigenvalue weighted by atomic mass is 9.98. The zero-order valence-electron chi connectivity index (χ0n) is 19.0. The van der Waals surface area contributed by atoms with Gasteiger partial charge in [0.25, 0.3) is 0 Å². The van der Waals surface area contributed by atoms with Crippen molar-refractivity contribution >= 4 is 31.2 Å². The number of ether oxygens (including phenoxy) is 2. The number of benzene rings is 2. The molecule has 0 bridgehead atoms. The van der Waals surface area contributed by atoms with Gasteiger partial charge in [0.2, 0.25) is 5.43 Å². The first-order valence-corrected chi connectivity index (χ1v) is 11.1. The van der Waals surface area contributed by atoms with Crippen molar-refractivity contribution in [3.05, 3.63) is 56.8 Å². The molecule has 0 radical (unpaired) electrons. The summed E-state index contributed by atoms with van der Waals surface area (Å²) < 4.78 is 17.1. The van der Waals surface area contributed by atoms with Gasteiger partial charge in [0.05, 0.1) is 12.5 Å². The van der Waals surface area contributed by atoms with Gasteiger partial charge in [0, 0.05) is 23.3 Å². The molecule has 0 amide bonds. The number of hydrogen-bond donors (Lipinski definition) is 2. The Kier molecular flexibility index (Phi) is 7.15. The fourth-order valence-electron chi connectivity index (χ4n) is 3.66. The van der Waals surface area contributed by atoms with Gasteiger partial charge < -0.3 is 24.1 Å². The second-order valence-corrected chi connectivity index (χ2v) is 8.40. The van der Waals surface area contributed by atoms with Crippen molar-refractivity contribution in [2.45, 2.75) is 40.5 Å². The largest absolute Gasteiger partial charge is 0.507 e. The van der Waals surface area contributed by atoms with Crippen molar-refractivity contribution in [1.82, 2.24) is 0 Å². The average molecular weight is 456 g/mol. The predicted molar refractivity (Wildman–Crippen MR) is 131 cm³/mol. The number of aromatic hydroxyl groups is 2. The molecule has 6 nitrogen and oxygen atoms in total. The summed E-state index contributed by atoms with van der Waals surface area (Å²) in [5.74, 6) is 0.371. The van der Waals surface area contributed by atoms with Crippen LogP contribution in [0.1, 0.15) is 38.8 Å². The van der Waals surface area contributed by atoms with E-state index in [1.165, 1.54) is 13.2 Å². The van der Waals surface area contributed by atoms with Gasteiger partial charge in [-0.25, -0.2) is 0 Å². The van der Waals surface area contributed by atoms with Crippen LogP contribution in [0, 0.1) is 0 Å². The number of allylic oxidation sites excluding steroid dienone is 4. The van der Waals surface area contributed by atoms with Gasteiger partial charge in [0.1, 0.15) is 34.4 Å². The average Bonchev–Trinajstić information content (AvgIpc) is 2.71. The number of phenolic OH excluding ortho intramolecular Hbond substituents is 2. The predicted octanol–water partition coefficient (Wildman–Crippen LogP) is 5.59. The first-order chi connectivity index (χ1) is 15.2. The lowest BCUT2D eigenvalue weighted by Gasteiger charge is -2.16. The van der Waals surface area contributed by atoms with Crippen LogP contribution in [-0.4, -0.2) is 23.7 Å². The molecule has 0 saturated carbocycles. The molecule has 1 aromatic heterocycles. The molecule has 0 saturated heterocycles. The van der Waals surface area contributed by atoms with E-state index in [-0.39, 0.29) is 44.6 Å². The Labute approximate surface area is 189 Å². The third-order valence-corrected chi connectivity index (χ3v) is 5.36. The van der Waals surface area contributed by atoms with Gasteiger partial charge in [-0.3, -0.25) is 4.79 Å². The van der Waals surface area contributed by atoms with E-state index in [0.29, 0.717) is 36.1 Å². The highest BCUT2D eigenvalue weighted by Crippen LogP contribution is 2.41. The molecule has 0 aliphatic heterocycles. The highest BCUT2D eigenvalue weighted by molar-refractivity contribution is 7.16. The van der Waals surface area contributed by atoms with E-state index < -0.39 is 0 Å². The Morgan fingerprint density at radius 2 is 1.59 bits per heavy atom. The molecule has 3 aromatic rings. The zero-order valence-corrected chi connectivity index (χ0v) is 20.2. The molecule has 0 fully saturated rings. The number of phenols is 2. The SMILES string of the molecule is COc1c(O)cc2oc3cc(OCP)c(CC=C(C)C)c(O)c3c(=O)c2c1CC=C(C)C. The summed E-state index contributed by atoms with van der Waals surface area (Å²) in [6.45, 7) is 7.82. The Hall–Kier alpha value is -2.98. The summed E-state index contributed by atoms with van der Waals surface area (Å²) in [6, 6.07) is 2.98. The minimum Gasteiger partial charge on any atom is -0.507 e. The normalized spacial score (nSPS) is 10.9. The fraction of sp³-hybridized carbons (Fsp3) is 0.320. The molecule has 0 aliphatic carbocycles. The topological polar surface area (TPSA) is 89.1 Å². The lowest BCUT2D eigenvalue weighted by molar-refractivity contribution is 0.370. The summed E-state index contributed by atoms with van der Waals surface area (Å²) in [6.07, 6.45) is 4.99. The Bertz CT molecular complexity index is 1290. The standard InChI is InChI=1S/C25H29O6P/c1-13(2)6-8-15-18(30-12-32)11-20-22(23(15)27)24(28)21-16(9-7-14(3)4)25(29-5)17(26)10-19(21)31-20/h6-7,10-11,26-27H,8-9,12,32H2,1-5H3. The third-order valence-electron chi connectivity index (χ3n) is 5.20. The third kappa shape index (κ3) is 4.46. The maximum absolute atomic E-state index is 13.7. The highest BCUT2D eigenvalue weighted by Gasteiger charge is 2.23. The monoisotopic (exact) mass is 456 g/mol. The van der Waals surface area contributed by atoms with Crippen LogP contribution in [0.2, 0.25) is 0 Å².